The van der Waals surface area contributed by atoms with Crippen LogP contribution in [-0.4, -0.2) is 17.6 Å². The Morgan fingerprint density at radius 1 is 1.30 bits per heavy atom. The summed E-state index contributed by atoms with van der Waals surface area (Å²) in [6.45, 7) is 2.92. The molecule has 0 aliphatic carbocycles. The Hall–Kier alpha value is -1.35. The lowest BCUT2D eigenvalue weighted by molar-refractivity contribution is 0.0955. The van der Waals surface area contributed by atoms with E-state index in [2.05, 4.69) is 12.2 Å². The third kappa shape index (κ3) is 3.83. The first kappa shape index (κ1) is 15.0. The predicted octanol–water partition coefficient (Wildman–Crippen LogP) is 3.37. The topological polar surface area (TPSA) is 49.3 Å². The largest absolute Gasteiger partial charge is 0.388 e. The molecule has 1 atom stereocenters. The highest BCUT2D eigenvalue weighted by atomic mass is 16.3. The summed E-state index contributed by atoms with van der Waals surface area (Å²) in [7, 11) is 0. The van der Waals surface area contributed by atoms with Crippen LogP contribution in [0.1, 0.15) is 73.0 Å². The van der Waals surface area contributed by atoms with Gasteiger partial charge in [-0.15, -0.1) is 0 Å². The van der Waals surface area contributed by atoms with Crippen molar-refractivity contribution in [2.45, 2.75) is 58.0 Å². The maximum atomic E-state index is 12.0. The fourth-order valence-electron chi connectivity index (χ4n) is 2.74. The molecule has 1 unspecified atom stereocenters. The van der Waals surface area contributed by atoms with Crippen molar-refractivity contribution in [3.8, 4) is 0 Å². The predicted molar refractivity (Wildman–Crippen MR) is 80.8 cm³/mol. The zero-order chi connectivity index (χ0) is 14.4. The van der Waals surface area contributed by atoms with Crippen LogP contribution < -0.4 is 5.32 Å². The van der Waals surface area contributed by atoms with Crippen LogP contribution in [0, 0.1) is 0 Å². The summed E-state index contributed by atoms with van der Waals surface area (Å²) < 4.78 is 0. The van der Waals surface area contributed by atoms with Crippen molar-refractivity contribution in [2.24, 2.45) is 0 Å². The van der Waals surface area contributed by atoms with E-state index in [4.69, 9.17) is 0 Å². The minimum absolute atomic E-state index is 0.00228. The van der Waals surface area contributed by atoms with Crippen molar-refractivity contribution in [1.29, 1.82) is 0 Å². The van der Waals surface area contributed by atoms with E-state index in [0.717, 1.165) is 48.9 Å². The molecule has 3 heteroatoms. The van der Waals surface area contributed by atoms with Crippen LogP contribution in [0.3, 0.4) is 0 Å². The third-order valence-corrected chi connectivity index (χ3v) is 4.00. The van der Waals surface area contributed by atoms with Crippen molar-refractivity contribution >= 4 is 5.91 Å². The Kier molecular flexibility index (Phi) is 5.60. The summed E-state index contributed by atoms with van der Waals surface area (Å²) in [5, 5.41) is 13.2. The van der Waals surface area contributed by atoms with Gasteiger partial charge in [-0.3, -0.25) is 4.79 Å². The number of amides is 1. The number of rotatable bonds is 6. The summed E-state index contributed by atoms with van der Waals surface area (Å²) in [5.74, 6) is -0.00228. The molecule has 1 aromatic rings. The Morgan fingerprint density at radius 3 is 2.95 bits per heavy atom. The first-order valence-electron chi connectivity index (χ1n) is 7.81. The van der Waals surface area contributed by atoms with Gasteiger partial charge in [0.1, 0.15) is 0 Å². The van der Waals surface area contributed by atoms with Gasteiger partial charge in [-0.05, 0) is 36.5 Å². The molecule has 1 aromatic carbocycles. The molecule has 2 N–H and O–H groups in total. The van der Waals surface area contributed by atoms with E-state index in [1.807, 2.05) is 18.2 Å². The van der Waals surface area contributed by atoms with Crippen LogP contribution >= 0.6 is 0 Å². The highest BCUT2D eigenvalue weighted by Crippen LogP contribution is 2.24. The highest BCUT2D eigenvalue weighted by molar-refractivity contribution is 5.96. The Labute approximate surface area is 121 Å². The van der Waals surface area contributed by atoms with Gasteiger partial charge >= 0.3 is 0 Å². The molecule has 0 saturated carbocycles. The van der Waals surface area contributed by atoms with E-state index < -0.39 is 6.10 Å². The molecule has 1 heterocycles. The smallest absolute Gasteiger partial charge is 0.251 e. The second-order valence-corrected chi connectivity index (χ2v) is 5.64. The number of fused-ring (bicyclic) bond motifs is 1. The van der Waals surface area contributed by atoms with Crippen molar-refractivity contribution in [2.75, 3.05) is 6.54 Å². The van der Waals surface area contributed by atoms with Gasteiger partial charge in [-0.1, -0.05) is 44.7 Å². The van der Waals surface area contributed by atoms with Gasteiger partial charge in [0.05, 0.1) is 6.10 Å². The van der Waals surface area contributed by atoms with Crippen LogP contribution in [0.15, 0.2) is 18.2 Å². The average Bonchev–Trinajstić information content (AvgIpc) is 2.65. The number of carbonyl (C=O) groups is 1. The zero-order valence-electron chi connectivity index (χ0n) is 12.3. The van der Waals surface area contributed by atoms with Crippen molar-refractivity contribution in [3.05, 3.63) is 34.9 Å². The molecule has 110 valence electrons. The van der Waals surface area contributed by atoms with Crippen LogP contribution in [0.4, 0.5) is 0 Å². The van der Waals surface area contributed by atoms with Gasteiger partial charge in [0.2, 0.25) is 0 Å². The van der Waals surface area contributed by atoms with E-state index in [1.165, 1.54) is 19.3 Å². The number of hydrogen-bond acceptors (Lipinski definition) is 2. The van der Waals surface area contributed by atoms with Gasteiger partial charge in [-0.2, -0.15) is 0 Å². The minimum atomic E-state index is -0.451. The van der Waals surface area contributed by atoms with E-state index in [9.17, 15) is 9.90 Å². The molecular formula is C17H25NO2. The van der Waals surface area contributed by atoms with Gasteiger partial charge in [0.25, 0.3) is 5.91 Å². The van der Waals surface area contributed by atoms with Gasteiger partial charge in [-0.25, -0.2) is 0 Å². The summed E-state index contributed by atoms with van der Waals surface area (Å²) in [4.78, 5) is 12.0. The molecule has 2 rings (SSSR count). The Balaban J connectivity index is 2.04. The number of benzene rings is 1. The third-order valence-electron chi connectivity index (χ3n) is 4.00. The summed E-state index contributed by atoms with van der Waals surface area (Å²) in [6.07, 6.45) is 6.87. The van der Waals surface area contributed by atoms with Crippen LogP contribution in [0.25, 0.3) is 0 Å². The number of carbonyl (C=O) groups excluding carboxylic acids is 1. The second-order valence-electron chi connectivity index (χ2n) is 5.64. The molecule has 1 amide bonds. The number of nitrogens with one attached hydrogen (secondary N) is 1. The Morgan fingerprint density at radius 2 is 2.15 bits per heavy atom. The van der Waals surface area contributed by atoms with Crippen LogP contribution in [-0.2, 0) is 6.42 Å². The zero-order valence-corrected chi connectivity index (χ0v) is 12.3. The summed E-state index contributed by atoms with van der Waals surface area (Å²) in [6, 6.07) is 5.85. The SMILES string of the molecule is CCCCCCC(O)c1ccc2c(c1)C(=O)NCCC2. The lowest BCUT2D eigenvalue weighted by Gasteiger charge is -2.13. The van der Waals surface area contributed by atoms with Gasteiger partial charge < -0.3 is 10.4 Å². The quantitative estimate of drug-likeness (QED) is 0.782. The summed E-state index contributed by atoms with van der Waals surface area (Å²) >= 11 is 0. The first-order chi connectivity index (χ1) is 9.72. The number of hydrogen-bond donors (Lipinski definition) is 2. The number of aliphatic hydroxyl groups is 1. The van der Waals surface area contributed by atoms with E-state index >= 15 is 0 Å². The fourth-order valence-corrected chi connectivity index (χ4v) is 2.74. The normalized spacial score (nSPS) is 16.2. The number of aliphatic hydroxyl groups excluding tert-OH is 1. The molecule has 0 fully saturated rings. The molecule has 0 saturated heterocycles. The van der Waals surface area contributed by atoms with Gasteiger partial charge in [0.15, 0.2) is 0 Å². The fraction of sp³-hybridized carbons (Fsp3) is 0.588. The molecule has 0 aromatic heterocycles. The maximum Gasteiger partial charge on any atom is 0.251 e. The van der Waals surface area contributed by atoms with E-state index in [-0.39, 0.29) is 5.91 Å². The molecular weight excluding hydrogens is 250 g/mol. The van der Waals surface area contributed by atoms with E-state index in [1.54, 1.807) is 0 Å². The monoisotopic (exact) mass is 275 g/mol. The highest BCUT2D eigenvalue weighted by Gasteiger charge is 2.17. The van der Waals surface area contributed by atoms with E-state index in [0.29, 0.717) is 0 Å². The summed E-state index contributed by atoms with van der Waals surface area (Å²) in [5.41, 5.74) is 2.71. The number of unbranched alkanes of at least 4 members (excludes halogenated alkanes) is 3. The first-order valence-corrected chi connectivity index (χ1v) is 7.81. The van der Waals surface area contributed by atoms with Crippen molar-refractivity contribution < 1.29 is 9.90 Å². The number of aryl methyl sites for hydroxylation is 1. The standard InChI is InChI=1S/C17H25NO2/c1-2-3-4-5-8-16(19)14-10-9-13-7-6-11-18-17(20)15(13)12-14/h9-10,12,16,19H,2-8,11H2,1H3,(H,18,20). The molecule has 0 spiro atoms. The molecule has 0 bridgehead atoms. The lowest BCUT2D eigenvalue weighted by atomic mass is 9.96. The van der Waals surface area contributed by atoms with Crippen molar-refractivity contribution in [1.82, 2.24) is 5.32 Å². The maximum absolute atomic E-state index is 12.0. The molecule has 1 aliphatic rings. The molecule has 3 nitrogen and oxygen atoms in total. The second kappa shape index (κ2) is 7.44. The average molecular weight is 275 g/mol. The van der Waals surface area contributed by atoms with Crippen LogP contribution in [0.2, 0.25) is 0 Å². The molecule has 1 aliphatic heterocycles. The molecule has 20 heavy (non-hydrogen) atoms. The Bertz CT molecular complexity index is 456. The van der Waals surface area contributed by atoms with Crippen LogP contribution in [0.5, 0.6) is 0 Å². The minimum Gasteiger partial charge on any atom is -0.388 e. The van der Waals surface area contributed by atoms with Gasteiger partial charge in [0, 0.05) is 12.1 Å². The lowest BCUT2D eigenvalue weighted by Crippen LogP contribution is -2.22. The van der Waals surface area contributed by atoms with Crippen molar-refractivity contribution in [3.63, 3.8) is 0 Å². The molecule has 0 radical (unpaired) electrons.